The van der Waals surface area contributed by atoms with Gasteiger partial charge in [-0.15, -0.1) is 0 Å². The predicted molar refractivity (Wildman–Crippen MR) is 98.3 cm³/mol. The van der Waals surface area contributed by atoms with Crippen molar-refractivity contribution in [1.29, 1.82) is 0 Å². The zero-order chi connectivity index (χ0) is 18.2. The van der Waals surface area contributed by atoms with E-state index in [0.717, 1.165) is 24.2 Å². The van der Waals surface area contributed by atoms with Crippen LogP contribution in [0.1, 0.15) is 57.9 Å². The summed E-state index contributed by atoms with van der Waals surface area (Å²) in [5.74, 6) is 0.722. The number of nitrogens with zero attached hydrogens (tertiary/aromatic N) is 1. The van der Waals surface area contributed by atoms with Crippen LogP contribution in [0.25, 0.3) is 0 Å². The van der Waals surface area contributed by atoms with Crippen LogP contribution in [0.2, 0.25) is 0 Å². The van der Waals surface area contributed by atoms with E-state index in [2.05, 4.69) is 5.32 Å². The second-order valence-electron chi connectivity index (χ2n) is 6.64. The molecule has 1 unspecified atom stereocenters. The fourth-order valence-electron chi connectivity index (χ4n) is 3.46. The number of nitrogens with one attached hydrogen (secondary N) is 1. The van der Waals surface area contributed by atoms with Gasteiger partial charge in [-0.1, -0.05) is 38.8 Å². The van der Waals surface area contributed by atoms with Gasteiger partial charge in [0.15, 0.2) is 0 Å². The lowest BCUT2D eigenvalue weighted by Crippen LogP contribution is -2.50. The van der Waals surface area contributed by atoms with Crippen molar-refractivity contribution in [3.63, 3.8) is 0 Å². The van der Waals surface area contributed by atoms with Crippen LogP contribution in [-0.2, 0) is 16.1 Å². The molecule has 1 atom stereocenters. The molecule has 2 amide bonds. The summed E-state index contributed by atoms with van der Waals surface area (Å²) in [7, 11) is 1.62. The van der Waals surface area contributed by atoms with Crippen LogP contribution in [0.3, 0.4) is 0 Å². The van der Waals surface area contributed by atoms with Crippen molar-refractivity contribution in [2.45, 2.75) is 71.0 Å². The van der Waals surface area contributed by atoms with Gasteiger partial charge in [0.25, 0.3) is 0 Å². The Balaban J connectivity index is 2.14. The fraction of sp³-hybridized carbons (Fsp3) is 0.600. The number of methoxy groups -OCH3 is 1. The zero-order valence-corrected chi connectivity index (χ0v) is 15.6. The van der Waals surface area contributed by atoms with E-state index < -0.39 is 6.04 Å². The third kappa shape index (κ3) is 5.21. The number of hydrogen-bond donors (Lipinski definition) is 1. The third-order valence-corrected chi connectivity index (χ3v) is 4.88. The number of rotatable bonds is 8. The van der Waals surface area contributed by atoms with Crippen LogP contribution in [-0.4, -0.2) is 35.9 Å². The minimum atomic E-state index is -0.431. The van der Waals surface area contributed by atoms with Crippen molar-refractivity contribution < 1.29 is 14.3 Å². The molecule has 1 aliphatic rings. The molecule has 0 spiro atoms. The molecule has 138 valence electrons. The highest BCUT2D eigenvalue weighted by Crippen LogP contribution is 2.20. The van der Waals surface area contributed by atoms with Crippen molar-refractivity contribution in [3.8, 4) is 5.75 Å². The maximum atomic E-state index is 12.8. The summed E-state index contributed by atoms with van der Waals surface area (Å²) >= 11 is 0. The maximum absolute atomic E-state index is 12.8. The number of benzene rings is 1. The zero-order valence-electron chi connectivity index (χ0n) is 15.6. The summed E-state index contributed by atoms with van der Waals surface area (Å²) < 4.78 is 5.26. The quantitative estimate of drug-likeness (QED) is 0.786. The van der Waals surface area contributed by atoms with Gasteiger partial charge in [0, 0.05) is 19.0 Å². The number of amides is 2. The third-order valence-electron chi connectivity index (χ3n) is 4.88. The summed E-state index contributed by atoms with van der Waals surface area (Å²) in [4.78, 5) is 27.0. The summed E-state index contributed by atoms with van der Waals surface area (Å²) in [6.45, 7) is 4.21. The molecule has 0 bridgehead atoms. The Kier molecular flexibility index (Phi) is 7.29. The molecule has 1 fully saturated rings. The largest absolute Gasteiger partial charge is 0.497 e. The molecule has 0 aliphatic heterocycles. The van der Waals surface area contributed by atoms with E-state index in [1.165, 1.54) is 12.8 Å². The molecule has 1 aromatic carbocycles. The van der Waals surface area contributed by atoms with Crippen molar-refractivity contribution >= 4 is 11.8 Å². The van der Waals surface area contributed by atoms with Gasteiger partial charge >= 0.3 is 0 Å². The van der Waals surface area contributed by atoms with E-state index in [1.54, 1.807) is 12.0 Å². The number of ether oxygens (including phenoxy) is 1. The van der Waals surface area contributed by atoms with E-state index in [-0.39, 0.29) is 17.9 Å². The number of carbonyl (C=O) groups is 2. The average molecular weight is 346 g/mol. The smallest absolute Gasteiger partial charge is 0.243 e. The number of carbonyl (C=O) groups excluding carboxylic acids is 2. The molecule has 2 rings (SSSR count). The first-order valence-electron chi connectivity index (χ1n) is 9.31. The summed E-state index contributed by atoms with van der Waals surface area (Å²) in [6.07, 6.45) is 5.41. The SMILES string of the molecule is CCC(=O)N(Cc1cccc(OC)c1)C(CC)C(=O)NC1CCCC1. The van der Waals surface area contributed by atoms with Crippen molar-refractivity contribution in [2.75, 3.05) is 7.11 Å². The molecule has 0 saturated heterocycles. The Hall–Kier alpha value is -2.04. The molecular formula is C20H30N2O3. The minimum Gasteiger partial charge on any atom is -0.497 e. The summed E-state index contributed by atoms with van der Waals surface area (Å²) in [6, 6.07) is 7.48. The second kappa shape index (κ2) is 9.44. The summed E-state index contributed by atoms with van der Waals surface area (Å²) in [5, 5.41) is 3.14. The lowest BCUT2D eigenvalue weighted by Gasteiger charge is -2.31. The molecule has 0 radical (unpaired) electrons. The van der Waals surface area contributed by atoms with Gasteiger partial charge in [-0.05, 0) is 37.0 Å². The van der Waals surface area contributed by atoms with Gasteiger partial charge in [-0.3, -0.25) is 9.59 Å². The van der Waals surface area contributed by atoms with Crippen LogP contribution in [0.15, 0.2) is 24.3 Å². The lowest BCUT2D eigenvalue weighted by molar-refractivity contribution is -0.141. The first kappa shape index (κ1) is 19.3. The van der Waals surface area contributed by atoms with E-state index in [0.29, 0.717) is 19.4 Å². The first-order valence-corrected chi connectivity index (χ1v) is 9.31. The van der Waals surface area contributed by atoms with Gasteiger partial charge in [-0.2, -0.15) is 0 Å². The standard InChI is InChI=1S/C20H30N2O3/c1-4-18(20(24)21-16-10-6-7-11-16)22(19(23)5-2)14-15-9-8-12-17(13-15)25-3/h8-9,12-13,16,18H,4-7,10-11,14H2,1-3H3,(H,21,24). The molecule has 1 aromatic rings. The van der Waals surface area contributed by atoms with Crippen LogP contribution < -0.4 is 10.1 Å². The minimum absolute atomic E-state index is 0.00348. The van der Waals surface area contributed by atoms with Crippen LogP contribution in [0, 0.1) is 0 Å². The van der Waals surface area contributed by atoms with E-state index in [9.17, 15) is 9.59 Å². The van der Waals surface area contributed by atoms with Crippen LogP contribution in [0.5, 0.6) is 5.75 Å². The van der Waals surface area contributed by atoms with Crippen LogP contribution in [0.4, 0.5) is 0 Å². The predicted octanol–water partition coefficient (Wildman–Crippen LogP) is 3.27. The molecule has 5 heteroatoms. The van der Waals surface area contributed by atoms with E-state index in [4.69, 9.17) is 4.74 Å². The Labute approximate surface area is 150 Å². The molecule has 25 heavy (non-hydrogen) atoms. The highest BCUT2D eigenvalue weighted by Gasteiger charge is 2.29. The fourth-order valence-corrected chi connectivity index (χ4v) is 3.46. The molecule has 1 N–H and O–H groups in total. The molecule has 0 heterocycles. The van der Waals surface area contributed by atoms with E-state index in [1.807, 2.05) is 38.1 Å². The molecule has 1 saturated carbocycles. The Morgan fingerprint density at radius 2 is 2.00 bits per heavy atom. The van der Waals surface area contributed by atoms with Gasteiger partial charge < -0.3 is 15.0 Å². The maximum Gasteiger partial charge on any atom is 0.243 e. The van der Waals surface area contributed by atoms with Crippen molar-refractivity contribution in [3.05, 3.63) is 29.8 Å². The van der Waals surface area contributed by atoms with E-state index >= 15 is 0 Å². The van der Waals surface area contributed by atoms with Crippen molar-refractivity contribution in [2.24, 2.45) is 0 Å². The Morgan fingerprint density at radius 3 is 2.60 bits per heavy atom. The summed E-state index contributed by atoms with van der Waals surface area (Å²) in [5.41, 5.74) is 0.966. The molecular weight excluding hydrogens is 316 g/mol. The molecule has 1 aliphatic carbocycles. The first-order chi connectivity index (χ1) is 12.1. The highest BCUT2D eigenvalue weighted by molar-refractivity contribution is 5.87. The monoisotopic (exact) mass is 346 g/mol. The van der Waals surface area contributed by atoms with Gasteiger partial charge in [0.2, 0.25) is 11.8 Å². The van der Waals surface area contributed by atoms with Gasteiger partial charge in [0.1, 0.15) is 11.8 Å². The highest BCUT2D eigenvalue weighted by atomic mass is 16.5. The van der Waals surface area contributed by atoms with Gasteiger partial charge in [-0.25, -0.2) is 0 Å². The topological polar surface area (TPSA) is 58.6 Å². The van der Waals surface area contributed by atoms with Crippen LogP contribution >= 0.6 is 0 Å². The Bertz CT molecular complexity index is 582. The van der Waals surface area contributed by atoms with Gasteiger partial charge in [0.05, 0.1) is 7.11 Å². The average Bonchev–Trinajstić information content (AvgIpc) is 3.14. The Morgan fingerprint density at radius 1 is 1.28 bits per heavy atom. The van der Waals surface area contributed by atoms with Crippen molar-refractivity contribution in [1.82, 2.24) is 10.2 Å². The normalized spacial score (nSPS) is 15.6. The number of hydrogen-bond acceptors (Lipinski definition) is 3. The molecule has 5 nitrogen and oxygen atoms in total. The molecule has 0 aromatic heterocycles. The second-order valence-corrected chi connectivity index (χ2v) is 6.64. The lowest BCUT2D eigenvalue weighted by atomic mass is 10.1.